The van der Waals surface area contributed by atoms with Crippen LogP contribution in [0.5, 0.6) is 0 Å². The van der Waals surface area contributed by atoms with Gasteiger partial charge in [-0.2, -0.15) is 8.42 Å². The Balaban J connectivity index is 2.65. The van der Waals surface area contributed by atoms with Gasteiger partial charge < -0.3 is 0 Å². The Morgan fingerprint density at radius 1 is 0.955 bits per heavy atom. The summed E-state index contributed by atoms with van der Waals surface area (Å²) >= 11 is 0. The molecule has 0 spiro atoms. The molecule has 0 fully saturated rings. The average Bonchev–Trinajstić information content (AvgIpc) is 2.47. The summed E-state index contributed by atoms with van der Waals surface area (Å²) < 4.78 is 40.6. The molecule has 22 heavy (non-hydrogen) atoms. The topological polar surface area (TPSA) is 107 Å². The van der Waals surface area contributed by atoms with Crippen molar-refractivity contribution in [3.63, 3.8) is 0 Å². The molecule has 116 valence electrons. The van der Waals surface area contributed by atoms with Crippen LogP contribution < -0.4 is 0 Å². The fourth-order valence-electron chi connectivity index (χ4n) is 1.77. The lowest BCUT2D eigenvalue weighted by Crippen LogP contribution is -2.06. The van der Waals surface area contributed by atoms with Gasteiger partial charge in [-0.1, -0.05) is 30.3 Å². The Morgan fingerprint density at radius 3 is 2.09 bits per heavy atom. The molecule has 0 saturated heterocycles. The zero-order valence-corrected chi connectivity index (χ0v) is 13.1. The van der Waals surface area contributed by atoms with Gasteiger partial charge in [0.1, 0.15) is 0 Å². The fraction of sp³-hybridized carbons (Fsp3) is 0.0769. The summed E-state index contributed by atoms with van der Waals surface area (Å²) in [7, 11) is -7.68. The lowest BCUT2D eigenvalue weighted by molar-refractivity contribution is -0.387. The van der Waals surface area contributed by atoms with Crippen molar-refractivity contribution in [3.8, 4) is 0 Å². The molecule has 0 aliphatic heterocycles. The first-order valence-electron chi connectivity index (χ1n) is 6.01. The van der Waals surface area contributed by atoms with E-state index in [1.165, 1.54) is 30.5 Å². The monoisotopic (exact) mass is 340 g/mol. The molecule has 0 saturated carbocycles. The van der Waals surface area contributed by atoms with Gasteiger partial charge in [-0.15, -0.1) is 3.77 Å². The van der Waals surface area contributed by atoms with E-state index in [0.717, 1.165) is 12.1 Å². The standard InChI is InChI=1S/C13H12N2O5S2/c1-21(18,11-7-3-2-4-8-11)14-22(19,20)13-10-6-5-9-12(13)15(16)17/h2-10H,1H3. The molecule has 2 rings (SSSR count). The first kappa shape index (κ1) is 16.1. The number of nitro benzene ring substituents is 1. The molecule has 0 aliphatic rings. The van der Waals surface area contributed by atoms with Crippen molar-refractivity contribution >= 4 is 25.4 Å². The van der Waals surface area contributed by atoms with Gasteiger partial charge in [0.15, 0.2) is 4.90 Å². The molecule has 0 bridgehead atoms. The van der Waals surface area contributed by atoms with Crippen molar-refractivity contribution in [1.29, 1.82) is 0 Å². The van der Waals surface area contributed by atoms with Crippen LogP contribution in [0.1, 0.15) is 0 Å². The summed E-state index contributed by atoms with van der Waals surface area (Å²) in [6.45, 7) is 0. The van der Waals surface area contributed by atoms with E-state index in [1.54, 1.807) is 18.2 Å². The second-order valence-corrected chi connectivity index (χ2v) is 8.45. The van der Waals surface area contributed by atoms with Crippen LogP contribution in [-0.4, -0.2) is 23.8 Å². The Labute approximate surface area is 128 Å². The molecule has 1 atom stereocenters. The average molecular weight is 340 g/mol. The van der Waals surface area contributed by atoms with Gasteiger partial charge in [-0.05, 0) is 18.2 Å². The molecule has 0 aromatic heterocycles. The number of sulfonamides is 1. The van der Waals surface area contributed by atoms with Crippen molar-refractivity contribution < 1.29 is 17.6 Å². The summed E-state index contributed by atoms with van der Waals surface area (Å²) in [6, 6.07) is 12.7. The molecule has 0 radical (unpaired) electrons. The molecule has 0 N–H and O–H groups in total. The maximum Gasteiger partial charge on any atom is 0.297 e. The largest absolute Gasteiger partial charge is 0.297 e. The first-order valence-corrected chi connectivity index (χ1v) is 9.37. The van der Waals surface area contributed by atoms with Crippen LogP contribution in [0.2, 0.25) is 0 Å². The van der Waals surface area contributed by atoms with E-state index < -0.39 is 35.3 Å². The predicted molar refractivity (Wildman–Crippen MR) is 81.5 cm³/mol. The minimum absolute atomic E-state index is 0.233. The second-order valence-electron chi connectivity index (χ2n) is 4.39. The van der Waals surface area contributed by atoms with Crippen molar-refractivity contribution in [2.24, 2.45) is 3.77 Å². The smallest absolute Gasteiger partial charge is 0.258 e. The minimum atomic E-state index is -4.43. The summed E-state index contributed by atoms with van der Waals surface area (Å²) in [5.41, 5.74) is -0.602. The zero-order chi connectivity index (χ0) is 16.4. The third-order valence-corrected chi connectivity index (χ3v) is 6.73. The van der Waals surface area contributed by atoms with Crippen molar-refractivity contribution in [1.82, 2.24) is 0 Å². The Morgan fingerprint density at radius 2 is 1.50 bits per heavy atom. The summed E-state index contributed by atoms with van der Waals surface area (Å²) in [5, 5.41) is 10.9. The van der Waals surface area contributed by atoms with Gasteiger partial charge in [0.25, 0.3) is 15.7 Å². The van der Waals surface area contributed by atoms with E-state index >= 15 is 0 Å². The Bertz CT molecular complexity index is 930. The van der Waals surface area contributed by atoms with E-state index in [9.17, 15) is 22.7 Å². The number of nitrogens with zero attached hydrogens (tertiary/aromatic N) is 2. The molecule has 0 aliphatic carbocycles. The number of para-hydroxylation sites is 1. The Kier molecular flexibility index (Phi) is 4.29. The highest BCUT2D eigenvalue weighted by atomic mass is 32.3. The molecule has 9 heteroatoms. The van der Waals surface area contributed by atoms with Crippen LogP contribution in [0.15, 0.2) is 68.2 Å². The van der Waals surface area contributed by atoms with Gasteiger partial charge in [-0.3, -0.25) is 10.1 Å². The van der Waals surface area contributed by atoms with Gasteiger partial charge in [0, 0.05) is 17.2 Å². The first-order chi connectivity index (χ1) is 10.2. The van der Waals surface area contributed by atoms with Gasteiger partial charge >= 0.3 is 0 Å². The molecule has 1 unspecified atom stereocenters. The van der Waals surface area contributed by atoms with Gasteiger partial charge in [0.2, 0.25) is 0 Å². The lowest BCUT2D eigenvalue weighted by atomic mass is 10.3. The second kappa shape index (κ2) is 5.85. The van der Waals surface area contributed by atoms with E-state index in [2.05, 4.69) is 3.77 Å². The highest BCUT2D eigenvalue weighted by molar-refractivity contribution is 8.03. The SMILES string of the molecule is CS(=O)(=NS(=O)(=O)c1ccccc1[N+](=O)[O-])c1ccccc1. The minimum Gasteiger partial charge on any atom is -0.258 e. The number of rotatable bonds is 4. The van der Waals surface area contributed by atoms with Crippen LogP contribution in [0, 0.1) is 10.1 Å². The summed E-state index contributed by atoms with van der Waals surface area (Å²) in [4.78, 5) is 9.77. The van der Waals surface area contributed by atoms with Crippen molar-refractivity contribution in [3.05, 3.63) is 64.7 Å². The van der Waals surface area contributed by atoms with E-state index in [4.69, 9.17) is 0 Å². The zero-order valence-electron chi connectivity index (χ0n) is 11.4. The van der Waals surface area contributed by atoms with E-state index in [-0.39, 0.29) is 4.90 Å². The maximum absolute atomic E-state index is 12.5. The van der Waals surface area contributed by atoms with Crippen LogP contribution in [-0.2, 0) is 19.8 Å². The van der Waals surface area contributed by atoms with Crippen molar-refractivity contribution in [2.75, 3.05) is 6.26 Å². The highest BCUT2D eigenvalue weighted by Gasteiger charge is 2.26. The number of hydrogen-bond donors (Lipinski definition) is 0. The molecule has 2 aromatic rings. The number of nitro groups is 1. The summed E-state index contributed by atoms with van der Waals surface area (Å²) in [5.74, 6) is 0. The van der Waals surface area contributed by atoms with Crippen LogP contribution >= 0.6 is 0 Å². The van der Waals surface area contributed by atoms with E-state index in [1.807, 2.05) is 0 Å². The van der Waals surface area contributed by atoms with Gasteiger partial charge in [0.05, 0.1) is 14.7 Å². The lowest BCUT2D eigenvalue weighted by Gasteiger charge is -2.05. The van der Waals surface area contributed by atoms with Crippen LogP contribution in [0.3, 0.4) is 0 Å². The third kappa shape index (κ3) is 3.31. The Hall–Kier alpha value is -2.26. The molecule has 7 nitrogen and oxygen atoms in total. The van der Waals surface area contributed by atoms with E-state index in [0.29, 0.717) is 0 Å². The van der Waals surface area contributed by atoms with Gasteiger partial charge in [-0.25, -0.2) is 4.21 Å². The molecular formula is C13H12N2O5S2. The number of hydrogen-bond acceptors (Lipinski definition) is 5. The fourth-order valence-corrected chi connectivity index (χ4v) is 5.25. The van der Waals surface area contributed by atoms with Crippen LogP contribution in [0.25, 0.3) is 0 Å². The van der Waals surface area contributed by atoms with Crippen LogP contribution in [0.4, 0.5) is 5.69 Å². The normalized spacial score (nSPS) is 14.0. The summed E-state index contributed by atoms with van der Waals surface area (Å²) in [6.07, 6.45) is 1.18. The highest BCUT2D eigenvalue weighted by Crippen LogP contribution is 2.26. The molecule has 2 aromatic carbocycles. The van der Waals surface area contributed by atoms with Crippen molar-refractivity contribution in [2.45, 2.75) is 9.79 Å². The number of benzene rings is 2. The quantitative estimate of drug-likeness (QED) is 0.627. The molecule has 0 heterocycles. The maximum atomic E-state index is 12.5. The third-order valence-electron chi connectivity index (χ3n) is 2.76. The molecule has 0 amide bonds. The predicted octanol–water partition coefficient (Wildman–Crippen LogP) is 2.44. The molecular weight excluding hydrogens is 328 g/mol.